The Labute approximate surface area is 188 Å². The highest BCUT2D eigenvalue weighted by Crippen LogP contribution is 2.37. The molecule has 1 amide bonds. The van der Waals surface area contributed by atoms with Crippen molar-refractivity contribution in [3.8, 4) is 11.5 Å². The van der Waals surface area contributed by atoms with E-state index in [2.05, 4.69) is 5.32 Å². The van der Waals surface area contributed by atoms with Crippen LogP contribution in [0.1, 0.15) is 10.4 Å². The van der Waals surface area contributed by atoms with Gasteiger partial charge in [-0.3, -0.25) is 4.79 Å². The van der Waals surface area contributed by atoms with Gasteiger partial charge in [-0.05, 0) is 41.8 Å². The molecule has 2 N–H and O–H groups in total. The fourth-order valence-electron chi connectivity index (χ4n) is 3.04. The summed E-state index contributed by atoms with van der Waals surface area (Å²) in [5, 5.41) is 13.7. The molecule has 0 spiro atoms. The highest BCUT2D eigenvalue weighted by Gasteiger charge is 2.24. The molecule has 0 aliphatic carbocycles. The van der Waals surface area contributed by atoms with E-state index in [1.807, 2.05) is 0 Å². The van der Waals surface area contributed by atoms with Crippen molar-refractivity contribution >= 4 is 51.5 Å². The summed E-state index contributed by atoms with van der Waals surface area (Å²) >= 11 is 12.4. The predicted octanol–water partition coefficient (Wildman–Crippen LogP) is 4.89. The van der Waals surface area contributed by atoms with Crippen LogP contribution in [0.3, 0.4) is 0 Å². The van der Waals surface area contributed by atoms with Crippen LogP contribution in [0.2, 0.25) is 10.0 Å². The molecule has 0 aromatic heterocycles. The van der Waals surface area contributed by atoms with E-state index in [9.17, 15) is 14.7 Å². The first kappa shape index (κ1) is 22.7. The number of aromatic carboxylic acids is 1. The lowest BCUT2D eigenvalue weighted by Gasteiger charge is -2.21. The zero-order valence-electron chi connectivity index (χ0n) is 16.6. The van der Waals surface area contributed by atoms with Gasteiger partial charge in [0.2, 0.25) is 6.10 Å². The third-order valence-corrected chi connectivity index (χ3v) is 4.94. The molecule has 1 unspecified atom stereocenters. The van der Waals surface area contributed by atoms with E-state index >= 15 is 0 Å². The monoisotopic (exact) mass is 463 g/mol. The van der Waals surface area contributed by atoms with Crippen LogP contribution in [-0.4, -0.2) is 43.9 Å². The largest absolute Gasteiger partial charge is 0.495 e. The molecule has 1 atom stereocenters. The molecule has 0 fully saturated rings. The molecule has 9 heteroatoms. The first-order valence-corrected chi connectivity index (χ1v) is 9.85. The van der Waals surface area contributed by atoms with Crippen LogP contribution >= 0.6 is 23.2 Å². The quantitative estimate of drug-likeness (QED) is 0.493. The van der Waals surface area contributed by atoms with E-state index in [0.29, 0.717) is 27.2 Å². The highest BCUT2D eigenvalue weighted by molar-refractivity contribution is 6.39. The van der Waals surface area contributed by atoms with Crippen LogP contribution in [0.15, 0.2) is 48.5 Å². The smallest absolute Gasteiger partial charge is 0.335 e. The number of carbonyl (C=O) groups excluding carboxylic acids is 1. The number of anilines is 1. The maximum absolute atomic E-state index is 12.9. The SMILES string of the molecule is COCC(Oc1cc(C(=O)O)cc2cc(Cl)cc(Cl)c12)C(=O)Nc1ccccc1OC. The average Bonchev–Trinajstić information content (AvgIpc) is 2.72. The van der Waals surface area contributed by atoms with Gasteiger partial charge in [0, 0.05) is 17.5 Å². The van der Waals surface area contributed by atoms with Gasteiger partial charge in [-0.1, -0.05) is 35.3 Å². The van der Waals surface area contributed by atoms with Crippen molar-refractivity contribution in [2.45, 2.75) is 6.10 Å². The Morgan fingerprint density at radius 1 is 1.06 bits per heavy atom. The van der Waals surface area contributed by atoms with Crippen molar-refractivity contribution in [1.29, 1.82) is 0 Å². The van der Waals surface area contributed by atoms with Crippen molar-refractivity contribution in [3.05, 3.63) is 64.1 Å². The number of nitrogens with one attached hydrogen (secondary N) is 1. The van der Waals surface area contributed by atoms with Crippen LogP contribution < -0.4 is 14.8 Å². The molecule has 0 saturated carbocycles. The Kier molecular flexibility index (Phi) is 7.22. The minimum atomic E-state index is -1.16. The molecule has 3 aromatic rings. The molecule has 7 nitrogen and oxygen atoms in total. The van der Waals surface area contributed by atoms with Crippen LogP contribution in [0.5, 0.6) is 11.5 Å². The number of para-hydroxylation sites is 2. The lowest BCUT2D eigenvalue weighted by Crippen LogP contribution is -2.37. The number of carboxylic acids is 1. The molecule has 0 saturated heterocycles. The number of carboxylic acid groups (broad SMARTS) is 1. The second-order valence-electron chi connectivity index (χ2n) is 6.52. The van der Waals surface area contributed by atoms with Gasteiger partial charge >= 0.3 is 5.97 Å². The number of halogens is 2. The number of benzene rings is 3. The summed E-state index contributed by atoms with van der Waals surface area (Å²) in [6.07, 6.45) is -1.10. The Morgan fingerprint density at radius 3 is 2.48 bits per heavy atom. The van der Waals surface area contributed by atoms with E-state index in [1.54, 1.807) is 30.3 Å². The number of hydrogen-bond acceptors (Lipinski definition) is 5. The number of ether oxygens (including phenoxy) is 3. The summed E-state index contributed by atoms with van der Waals surface area (Å²) in [5.41, 5.74) is 0.413. The van der Waals surface area contributed by atoms with Gasteiger partial charge in [0.15, 0.2) is 0 Å². The van der Waals surface area contributed by atoms with Crippen molar-refractivity contribution in [1.82, 2.24) is 0 Å². The summed E-state index contributed by atoms with van der Waals surface area (Å²) in [6, 6.07) is 12.7. The van der Waals surface area contributed by atoms with Crippen LogP contribution in [0.4, 0.5) is 5.69 Å². The van der Waals surface area contributed by atoms with E-state index in [1.165, 1.54) is 32.4 Å². The van der Waals surface area contributed by atoms with E-state index in [0.717, 1.165) is 0 Å². The molecule has 0 bridgehead atoms. The van der Waals surface area contributed by atoms with Gasteiger partial charge in [0.05, 0.1) is 30.0 Å². The molecule has 3 rings (SSSR count). The number of carbonyl (C=O) groups is 2. The van der Waals surface area contributed by atoms with Gasteiger partial charge in [-0.15, -0.1) is 0 Å². The maximum atomic E-state index is 12.9. The summed E-state index contributed by atoms with van der Waals surface area (Å²) in [4.78, 5) is 24.5. The second-order valence-corrected chi connectivity index (χ2v) is 7.36. The average molecular weight is 464 g/mol. The van der Waals surface area contributed by atoms with E-state index in [4.69, 9.17) is 37.4 Å². The zero-order chi connectivity index (χ0) is 22.5. The first-order valence-electron chi connectivity index (χ1n) is 9.09. The van der Waals surface area contributed by atoms with Crippen molar-refractivity contribution in [2.75, 3.05) is 26.1 Å². The lowest BCUT2D eigenvalue weighted by atomic mass is 10.1. The lowest BCUT2D eigenvalue weighted by molar-refractivity contribution is -0.124. The molecule has 0 aliphatic heterocycles. The summed E-state index contributed by atoms with van der Waals surface area (Å²) in [7, 11) is 2.91. The molecule has 31 heavy (non-hydrogen) atoms. The summed E-state index contributed by atoms with van der Waals surface area (Å²) in [5.74, 6) is -1.08. The molecule has 162 valence electrons. The Balaban J connectivity index is 2.00. The number of rotatable bonds is 8. The summed E-state index contributed by atoms with van der Waals surface area (Å²) < 4.78 is 16.3. The standard InChI is InChI=1S/C22H19Cl2NO6/c1-29-11-19(21(26)25-16-5-3-4-6-17(16)30-2)31-18-9-13(22(27)28)7-12-8-14(23)10-15(24)20(12)18/h3-10,19H,11H2,1-2H3,(H,25,26)(H,27,28). The molecular formula is C22H19Cl2NO6. The molecule has 0 radical (unpaired) electrons. The fourth-order valence-corrected chi connectivity index (χ4v) is 3.64. The minimum Gasteiger partial charge on any atom is -0.495 e. The van der Waals surface area contributed by atoms with Crippen LogP contribution in [0, 0.1) is 0 Å². The number of hydrogen-bond donors (Lipinski definition) is 2. The van der Waals surface area contributed by atoms with Gasteiger partial charge in [0.25, 0.3) is 5.91 Å². The summed E-state index contributed by atoms with van der Waals surface area (Å²) in [6.45, 7) is -0.0923. The Morgan fingerprint density at radius 2 is 1.81 bits per heavy atom. The third-order valence-electron chi connectivity index (χ3n) is 4.42. The van der Waals surface area contributed by atoms with Crippen LogP contribution in [0.25, 0.3) is 10.8 Å². The van der Waals surface area contributed by atoms with E-state index in [-0.39, 0.29) is 22.9 Å². The van der Waals surface area contributed by atoms with Gasteiger partial charge in [-0.2, -0.15) is 0 Å². The normalized spacial score (nSPS) is 11.7. The Bertz CT molecular complexity index is 1130. The van der Waals surface area contributed by atoms with E-state index < -0.39 is 18.0 Å². The zero-order valence-corrected chi connectivity index (χ0v) is 18.2. The minimum absolute atomic E-state index is 0.0397. The van der Waals surface area contributed by atoms with Crippen molar-refractivity contribution in [2.24, 2.45) is 0 Å². The third kappa shape index (κ3) is 5.19. The van der Waals surface area contributed by atoms with Crippen LogP contribution in [-0.2, 0) is 9.53 Å². The van der Waals surface area contributed by atoms with Crippen molar-refractivity contribution < 1.29 is 28.9 Å². The first-order chi connectivity index (χ1) is 14.8. The van der Waals surface area contributed by atoms with Gasteiger partial charge < -0.3 is 24.6 Å². The fraction of sp³-hybridized carbons (Fsp3) is 0.182. The Hall–Kier alpha value is -3.00. The topological polar surface area (TPSA) is 94.1 Å². The number of amides is 1. The van der Waals surface area contributed by atoms with Crippen molar-refractivity contribution in [3.63, 3.8) is 0 Å². The second kappa shape index (κ2) is 9.87. The molecular weight excluding hydrogens is 445 g/mol. The number of fused-ring (bicyclic) bond motifs is 1. The maximum Gasteiger partial charge on any atom is 0.335 e. The molecule has 0 aliphatic rings. The molecule has 3 aromatic carbocycles. The highest BCUT2D eigenvalue weighted by atomic mass is 35.5. The predicted molar refractivity (Wildman–Crippen MR) is 119 cm³/mol. The molecule has 0 heterocycles. The van der Waals surface area contributed by atoms with Gasteiger partial charge in [0.1, 0.15) is 11.5 Å². The number of methoxy groups -OCH3 is 2. The van der Waals surface area contributed by atoms with Gasteiger partial charge in [-0.25, -0.2) is 4.79 Å².